The van der Waals surface area contributed by atoms with Crippen LogP contribution in [-0.4, -0.2) is 36.4 Å². The molecule has 6 heteroatoms. The Balaban J connectivity index is 1.61. The lowest BCUT2D eigenvalue weighted by molar-refractivity contribution is -0.121. The number of carbonyl (C=O) groups excluding carboxylic acids is 1. The van der Waals surface area contributed by atoms with E-state index in [1.54, 1.807) is 12.1 Å². The van der Waals surface area contributed by atoms with Crippen molar-refractivity contribution in [3.05, 3.63) is 81.4 Å². The molecule has 3 aromatic rings. The molecule has 5 nitrogen and oxygen atoms in total. The summed E-state index contributed by atoms with van der Waals surface area (Å²) in [5.74, 6) is -0.508. The number of benzene rings is 2. The van der Waals surface area contributed by atoms with Gasteiger partial charge >= 0.3 is 0 Å². The summed E-state index contributed by atoms with van der Waals surface area (Å²) < 4.78 is 13.3. The fourth-order valence-electron chi connectivity index (χ4n) is 3.34. The van der Waals surface area contributed by atoms with E-state index in [2.05, 4.69) is 39.5 Å². The fourth-order valence-corrected chi connectivity index (χ4v) is 3.34. The zero-order chi connectivity index (χ0) is 21.0. The van der Waals surface area contributed by atoms with Gasteiger partial charge in [0, 0.05) is 18.5 Å². The number of carbonyl (C=O) groups is 1. The van der Waals surface area contributed by atoms with Gasteiger partial charge in [-0.05, 0) is 62.7 Å². The van der Waals surface area contributed by atoms with E-state index in [9.17, 15) is 14.0 Å². The summed E-state index contributed by atoms with van der Waals surface area (Å²) in [5.41, 5.74) is 3.01. The Kier molecular flexibility index (Phi) is 6.44. The second kappa shape index (κ2) is 9.01. The monoisotopic (exact) mass is 395 g/mol. The van der Waals surface area contributed by atoms with Crippen molar-refractivity contribution in [1.82, 2.24) is 15.2 Å². The van der Waals surface area contributed by atoms with Crippen molar-refractivity contribution in [3.8, 4) is 0 Å². The minimum absolute atomic E-state index is 0.0681. The van der Waals surface area contributed by atoms with E-state index < -0.39 is 5.82 Å². The number of aromatic amines is 1. The lowest BCUT2D eigenvalue weighted by Crippen LogP contribution is -2.34. The molecule has 0 radical (unpaired) electrons. The van der Waals surface area contributed by atoms with Crippen LogP contribution in [-0.2, 0) is 11.2 Å². The van der Waals surface area contributed by atoms with Crippen LogP contribution in [0.15, 0.2) is 53.3 Å². The standard InChI is InChI=1S/C23H26FN3O2/c1-15-4-6-16(7-5-15)21(27(2)3)14-25-22(28)11-9-18-12-17-8-10-19(24)13-20(17)26-23(18)29/h4-8,10,12-13,21H,9,11,14H2,1-3H3,(H,25,28)(H,26,29). The van der Waals surface area contributed by atoms with Gasteiger partial charge < -0.3 is 15.2 Å². The number of aryl methyl sites for hydroxylation is 2. The molecule has 0 saturated carbocycles. The van der Waals surface area contributed by atoms with Crippen LogP contribution in [0.1, 0.15) is 29.2 Å². The van der Waals surface area contributed by atoms with Crippen molar-refractivity contribution < 1.29 is 9.18 Å². The van der Waals surface area contributed by atoms with Crippen molar-refractivity contribution in [2.75, 3.05) is 20.6 Å². The predicted octanol–water partition coefficient (Wildman–Crippen LogP) is 3.33. The topological polar surface area (TPSA) is 65.2 Å². The Bertz CT molecular complexity index is 1060. The summed E-state index contributed by atoms with van der Waals surface area (Å²) in [6.45, 7) is 2.53. The minimum Gasteiger partial charge on any atom is -0.354 e. The van der Waals surface area contributed by atoms with Crippen molar-refractivity contribution in [2.45, 2.75) is 25.8 Å². The molecule has 0 fully saturated rings. The second-order valence-corrected chi connectivity index (χ2v) is 7.55. The molecule has 0 spiro atoms. The van der Waals surface area contributed by atoms with Gasteiger partial charge in [0.15, 0.2) is 0 Å². The highest BCUT2D eigenvalue weighted by atomic mass is 19.1. The third-order valence-electron chi connectivity index (χ3n) is 5.08. The number of hydrogen-bond acceptors (Lipinski definition) is 3. The van der Waals surface area contributed by atoms with Crippen molar-refractivity contribution in [1.29, 1.82) is 0 Å². The molecule has 152 valence electrons. The van der Waals surface area contributed by atoms with Gasteiger partial charge in [-0.1, -0.05) is 29.8 Å². The number of likely N-dealkylation sites (N-methyl/N-ethyl adjacent to an activating group) is 1. The predicted molar refractivity (Wildman–Crippen MR) is 113 cm³/mol. The van der Waals surface area contributed by atoms with Gasteiger partial charge in [0.2, 0.25) is 5.91 Å². The molecule has 0 aliphatic heterocycles. The first kappa shape index (κ1) is 20.7. The van der Waals surface area contributed by atoms with Crippen molar-refractivity contribution in [3.63, 3.8) is 0 Å². The maximum absolute atomic E-state index is 13.3. The zero-order valence-corrected chi connectivity index (χ0v) is 17.0. The Morgan fingerprint density at radius 1 is 1.14 bits per heavy atom. The lowest BCUT2D eigenvalue weighted by atomic mass is 10.0. The van der Waals surface area contributed by atoms with Crippen molar-refractivity contribution in [2.24, 2.45) is 0 Å². The molecule has 0 aliphatic carbocycles. The Labute approximate surface area is 169 Å². The van der Waals surface area contributed by atoms with Crippen LogP contribution in [0.4, 0.5) is 4.39 Å². The van der Waals surface area contributed by atoms with Gasteiger partial charge in [-0.15, -0.1) is 0 Å². The van der Waals surface area contributed by atoms with E-state index in [1.165, 1.54) is 17.7 Å². The number of aromatic nitrogens is 1. The zero-order valence-electron chi connectivity index (χ0n) is 17.0. The van der Waals surface area contributed by atoms with Crippen LogP contribution in [0.5, 0.6) is 0 Å². The Morgan fingerprint density at radius 3 is 2.55 bits per heavy atom. The molecule has 0 saturated heterocycles. The van der Waals surface area contributed by atoms with Crippen LogP contribution in [0.2, 0.25) is 0 Å². The van der Waals surface area contributed by atoms with E-state index in [0.29, 0.717) is 24.0 Å². The van der Waals surface area contributed by atoms with Gasteiger partial charge in [0.1, 0.15) is 5.82 Å². The number of nitrogens with zero attached hydrogens (tertiary/aromatic N) is 1. The number of amides is 1. The number of pyridine rings is 1. The summed E-state index contributed by atoms with van der Waals surface area (Å²) >= 11 is 0. The van der Waals surface area contributed by atoms with E-state index in [1.807, 2.05) is 21.0 Å². The van der Waals surface area contributed by atoms with Crippen molar-refractivity contribution >= 4 is 16.8 Å². The van der Waals surface area contributed by atoms with E-state index in [4.69, 9.17) is 0 Å². The minimum atomic E-state index is -0.399. The second-order valence-electron chi connectivity index (χ2n) is 7.55. The van der Waals surface area contributed by atoms with E-state index in [-0.39, 0.29) is 23.9 Å². The van der Waals surface area contributed by atoms with Gasteiger partial charge in [-0.25, -0.2) is 4.39 Å². The van der Waals surface area contributed by atoms with Gasteiger partial charge in [-0.3, -0.25) is 9.59 Å². The van der Waals surface area contributed by atoms with Crippen LogP contribution in [0, 0.1) is 12.7 Å². The number of H-pyrrole nitrogens is 1. The normalized spacial score (nSPS) is 12.3. The number of halogens is 1. The SMILES string of the molecule is Cc1ccc(C(CNC(=O)CCc2cc3ccc(F)cc3[nH]c2=O)N(C)C)cc1. The van der Waals surface area contributed by atoms with Gasteiger partial charge in [0.05, 0.1) is 11.6 Å². The number of fused-ring (bicyclic) bond motifs is 1. The largest absolute Gasteiger partial charge is 0.354 e. The first-order chi connectivity index (χ1) is 13.8. The fraction of sp³-hybridized carbons (Fsp3) is 0.304. The molecule has 1 unspecified atom stereocenters. The van der Waals surface area contributed by atoms with E-state index >= 15 is 0 Å². The molecular weight excluding hydrogens is 369 g/mol. The number of rotatable bonds is 7. The lowest BCUT2D eigenvalue weighted by Gasteiger charge is -2.25. The molecule has 1 heterocycles. The number of nitrogens with one attached hydrogen (secondary N) is 2. The summed E-state index contributed by atoms with van der Waals surface area (Å²) in [5, 5.41) is 3.71. The highest BCUT2D eigenvalue weighted by Gasteiger charge is 2.15. The summed E-state index contributed by atoms with van der Waals surface area (Å²) in [6, 6.07) is 14.3. The summed E-state index contributed by atoms with van der Waals surface area (Å²) in [4.78, 5) is 29.3. The average Bonchev–Trinajstić information content (AvgIpc) is 2.67. The smallest absolute Gasteiger partial charge is 0.251 e. The average molecular weight is 395 g/mol. The first-order valence-electron chi connectivity index (χ1n) is 9.64. The van der Waals surface area contributed by atoms with Crippen LogP contribution in [0.25, 0.3) is 10.9 Å². The van der Waals surface area contributed by atoms with Crippen LogP contribution < -0.4 is 10.9 Å². The van der Waals surface area contributed by atoms with Gasteiger partial charge in [-0.2, -0.15) is 0 Å². The van der Waals surface area contributed by atoms with E-state index in [0.717, 1.165) is 10.9 Å². The van der Waals surface area contributed by atoms with Crippen LogP contribution >= 0.6 is 0 Å². The molecule has 1 atom stereocenters. The Hall–Kier alpha value is -2.99. The Morgan fingerprint density at radius 2 is 1.86 bits per heavy atom. The molecule has 2 aromatic carbocycles. The maximum Gasteiger partial charge on any atom is 0.251 e. The molecular formula is C23H26FN3O2. The molecule has 2 N–H and O–H groups in total. The summed E-state index contributed by atoms with van der Waals surface area (Å²) in [7, 11) is 3.96. The molecule has 1 aromatic heterocycles. The third-order valence-corrected chi connectivity index (χ3v) is 5.08. The molecule has 29 heavy (non-hydrogen) atoms. The maximum atomic E-state index is 13.3. The molecule has 0 aliphatic rings. The molecule has 3 rings (SSSR count). The van der Waals surface area contributed by atoms with Gasteiger partial charge in [0.25, 0.3) is 5.56 Å². The first-order valence-corrected chi connectivity index (χ1v) is 9.64. The van der Waals surface area contributed by atoms with Crippen LogP contribution in [0.3, 0.4) is 0 Å². The third kappa shape index (κ3) is 5.29. The highest BCUT2D eigenvalue weighted by Crippen LogP contribution is 2.18. The number of hydrogen-bond donors (Lipinski definition) is 2. The molecule has 0 bridgehead atoms. The quantitative estimate of drug-likeness (QED) is 0.645. The molecule has 1 amide bonds. The highest BCUT2D eigenvalue weighted by molar-refractivity contribution is 5.79. The summed E-state index contributed by atoms with van der Waals surface area (Å²) in [6.07, 6.45) is 0.537.